The molecule has 0 saturated heterocycles. The molecule has 30 heavy (non-hydrogen) atoms. The highest BCUT2D eigenvalue weighted by Gasteiger charge is 2.18. The highest BCUT2D eigenvalue weighted by atomic mass is 16.5. The van der Waals surface area contributed by atoms with Crippen LogP contribution in [0.3, 0.4) is 0 Å². The Labute approximate surface area is 180 Å². The Morgan fingerprint density at radius 1 is 0.767 bits per heavy atom. The van der Waals surface area contributed by atoms with Gasteiger partial charge in [0.05, 0.1) is 13.0 Å². The lowest BCUT2D eigenvalue weighted by molar-refractivity contribution is -0.145. The summed E-state index contributed by atoms with van der Waals surface area (Å²) in [5.41, 5.74) is 4.94. The van der Waals surface area contributed by atoms with E-state index in [-0.39, 0.29) is 11.9 Å². The van der Waals surface area contributed by atoms with Gasteiger partial charge in [0.25, 0.3) is 0 Å². The number of anilines is 1. The van der Waals surface area contributed by atoms with Crippen molar-refractivity contribution >= 4 is 11.7 Å². The van der Waals surface area contributed by atoms with Crippen LogP contribution in [-0.2, 0) is 28.9 Å². The van der Waals surface area contributed by atoms with E-state index in [9.17, 15) is 4.79 Å². The summed E-state index contributed by atoms with van der Waals surface area (Å²) in [5, 5.41) is 3.45. The van der Waals surface area contributed by atoms with Crippen LogP contribution in [0.25, 0.3) is 0 Å². The summed E-state index contributed by atoms with van der Waals surface area (Å²) in [7, 11) is 1.49. The van der Waals surface area contributed by atoms with Gasteiger partial charge in [-0.2, -0.15) is 0 Å². The molecule has 0 heterocycles. The van der Waals surface area contributed by atoms with E-state index >= 15 is 0 Å². The molecule has 1 N–H and O–H groups in total. The second-order valence-corrected chi connectivity index (χ2v) is 7.67. The number of ether oxygens (including phenoxy) is 1. The zero-order valence-corrected chi connectivity index (χ0v) is 17.7. The van der Waals surface area contributed by atoms with Crippen LogP contribution in [0.15, 0.2) is 84.9 Å². The van der Waals surface area contributed by atoms with Gasteiger partial charge in [-0.05, 0) is 60.9 Å². The van der Waals surface area contributed by atoms with Crippen LogP contribution in [0.4, 0.5) is 5.69 Å². The molecule has 0 saturated carbocycles. The van der Waals surface area contributed by atoms with Crippen LogP contribution in [0.1, 0.15) is 36.0 Å². The Kier molecular flexibility index (Phi) is 8.52. The molecule has 0 radical (unpaired) electrons. The number of aryl methyl sites for hydroxylation is 2. The van der Waals surface area contributed by atoms with Crippen LogP contribution in [0.2, 0.25) is 0 Å². The lowest BCUT2D eigenvalue weighted by atomic mass is 9.93. The largest absolute Gasteiger partial charge is 0.469 e. The van der Waals surface area contributed by atoms with Gasteiger partial charge in [-0.15, -0.1) is 0 Å². The molecule has 3 rings (SSSR count). The molecule has 3 nitrogen and oxygen atoms in total. The number of carbonyl (C=O) groups is 1. The first-order valence-electron chi connectivity index (χ1n) is 10.7. The maximum absolute atomic E-state index is 12.2. The van der Waals surface area contributed by atoms with E-state index in [0.29, 0.717) is 0 Å². The van der Waals surface area contributed by atoms with Crippen molar-refractivity contribution in [2.75, 3.05) is 12.4 Å². The fourth-order valence-electron chi connectivity index (χ4n) is 3.67. The van der Waals surface area contributed by atoms with E-state index in [1.54, 1.807) is 0 Å². The maximum Gasteiger partial charge on any atom is 0.308 e. The summed E-state index contributed by atoms with van der Waals surface area (Å²) in [5.74, 6) is -0.140. The van der Waals surface area contributed by atoms with Crippen molar-refractivity contribution in [3.05, 3.63) is 102 Å². The van der Waals surface area contributed by atoms with E-state index in [2.05, 4.69) is 78.1 Å². The summed E-state index contributed by atoms with van der Waals surface area (Å²) >= 11 is 0. The lowest BCUT2D eigenvalue weighted by Crippen LogP contribution is -2.17. The molecule has 3 aromatic rings. The second-order valence-electron chi connectivity index (χ2n) is 7.67. The molecule has 0 fully saturated rings. The molecule has 156 valence electrons. The molecule has 0 aliphatic rings. The maximum atomic E-state index is 12.2. The van der Waals surface area contributed by atoms with Crippen LogP contribution in [-0.4, -0.2) is 13.1 Å². The van der Waals surface area contributed by atoms with Crippen molar-refractivity contribution in [2.24, 2.45) is 5.92 Å². The minimum Gasteiger partial charge on any atom is -0.469 e. The van der Waals surface area contributed by atoms with E-state index in [0.717, 1.165) is 44.3 Å². The zero-order valence-electron chi connectivity index (χ0n) is 17.7. The number of hydrogen-bond acceptors (Lipinski definition) is 3. The molecule has 0 aromatic heterocycles. The van der Waals surface area contributed by atoms with Crippen LogP contribution >= 0.6 is 0 Å². The highest BCUT2D eigenvalue weighted by molar-refractivity contribution is 5.72. The average Bonchev–Trinajstić information content (AvgIpc) is 2.81. The molecule has 1 atom stereocenters. The Morgan fingerprint density at radius 3 is 2.00 bits per heavy atom. The smallest absolute Gasteiger partial charge is 0.308 e. The summed E-state index contributed by atoms with van der Waals surface area (Å²) in [6.07, 6.45) is 4.54. The number of rotatable bonds is 11. The van der Waals surface area contributed by atoms with Crippen LogP contribution in [0, 0.1) is 5.92 Å². The van der Waals surface area contributed by atoms with E-state index in [1.165, 1.54) is 23.8 Å². The third-order valence-corrected chi connectivity index (χ3v) is 5.47. The van der Waals surface area contributed by atoms with Gasteiger partial charge in [-0.1, -0.05) is 72.8 Å². The van der Waals surface area contributed by atoms with Crippen molar-refractivity contribution in [1.29, 1.82) is 0 Å². The minimum atomic E-state index is -0.0933. The van der Waals surface area contributed by atoms with Gasteiger partial charge in [0.1, 0.15) is 0 Å². The number of nitrogens with one attached hydrogen (secondary N) is 1. The molecule has 0 bridgehead atoms. The Bertz CT molecular complexity index is 876. The number of benzene rings is 3. The molecule has 0 spiro atoms. The second kappa shape index (κ2) is 11.8. The van der Waals surface area contributed by atoms with Gasteiger partial charge >= 0.3 is 5.97 Å². The van der Waals surface area contributed by atoms with E-state index in [4.69, 9.17) is 4.74 Å². The molecule has 1 unspecified atom stereocenters. The minimum absolute atomic E-state index is 0.0467. The molecule has 0 amide bonds. The molecule has 0 aliphatic heterocycles. The first-order chi connectivity index (χ1) is 14.7. The monoisotopic (exact) mass is 401 g/mol. The van der Waals surface area contributed by atoms with Gasteiger partial charge in [0, 0.05) is 12.2 Å². The van der Waals surface area contributed by atoms with E-state index < -0.39 is 0 Å². The predicted molar refractivity (Wildman–Crippen MR) is 123 cm³/mol. The zero-order chi connectivity index (χ0) is 21.0. The summed E-state index contributed by atoms with van der Waals surface area (Å²) < 4.78 is 5.05. The topological polar surface area (TPSA) is 38.3 Å². The summed E-state index contributed by atoms with van der Waals surface area (Å²) in [6.45, 7) is 0.812. The molecule has 3 heteroatoms. The normalized spacial score (nSPS) is 11.6. The van der Waals surface area contributed by atoms with Crippen molar-refractivity contribution in [3.63, 3.8) is 0 Å². The van der Waals surface area contributed by atoms with Gasteiger partial charge in [0.2, 0.25) is 0 Å². The standard InChI is InChI=1S/C27H31NO2/c1-30-27(29)25(14-8-13-22-9-4-2-5-10-22)18-15-23-16-19-26(20-17-23)28-21-24-11-6-3-7-12-24/h2-7,9-12,16-17,19-20,25,28H,8,13-15,18,21H2,1H3. The van der Waals surface area contributed by atoms with Crippen molar-refractivity contribution in [1.82, 2.24) is 0 Å². The summed E-state index contributed by atoms with van der Waals surface area (Å²) in [6, 6.07) is 29.3. The molecule has 0 aliphatic carbocycles. The number of carbonyl (C=O) groups excluding carboxylic acids is 1. The molecular weight excluding hydrogens is 370 g/mol. The first kappa shape index (κ1) is 21.6. The van der Waals surface area contributed by atoms with Crippen molar-refractivity contribution in [3.8, 4) is 0 Å². The van der Waals surface area contributed by atoms with Crippen molar-refractivity contribution < 1.29 is 9.53 Å². The fourth-order valence-corrected chi connectivity index (χ4v) is 3.67. The molecule has 3 aromatic carbocycles. The lowest BCUT2D eigenvalue weighted by Gasteiger charge is -2.15. The quantitative estimate of drug-likeness (QED) is 0.398. The predicted octanol–water partition coefficient (Wildman–Crippen LogP) is 6.04. The third kappa shape index (κ3) is 7.07. The Hall–Kier alpha value is -3.07. The number of hydrogen-bond donors (Lipinski definition) is 1. The van der Waals surface area contributed by atoms with Gasteiger partial charge in [0.15, 0.2) is 0 Å². The van der Waals surface area contributed by atoms with Crippen molar-refractivity contribution in [2.45, 2.75) is 38.6 Å². The summed E-state index contributed by atoms with van der Waals surface area (Å²) in [4.78, 5) is 12.2. The van der Waals surface area contributed by atoms with Gasteiger partial charge in [-0.25, -0.2) is 0 Å². The highest BCUT2D eigenvalue weighted by Crippen LogP contribution is 2.20. The SMILES string of the molecule is COC(=O)C(CCCc1ccccc1)CCc1ccc(NCc2ccccc2)cc1. The number of esters is 1. The van der Waals surface area contributed by atoms with Gasteiger partial charge < -0.3 is 10.1 Å². The van der Waals surface area contributed by atoms with Crippen LogP contribution in [0.5, 0.6) is 0 Å². The Morgan fingerprint density at radius 2 is 1.37 bits per heavy atom. The Balaban J connectivity index is 1.46. The first-order valence-corrected chi connectivity index (χ1v) is 10.7. The fraction of sp³-hybridized carbons (Fsp3) is 0.296. The van der Waals surface area contributed by atoms with Gasteiger partial charge in [-0.3, -0.25) is 4.79 Å². The average molecular weight is 402 g/mol. The number of methoxy groups -OCH3 is 1. The third-order valence-electron chi connectivity index (χ3n) is 5.47. The van der Waals surface area contributed by atoms with Crippen LogP contribution < -0.4 is 5.32 Å². The molecular formula is C27H31NO2. The van der Waals surface area contributed by atoms with E-state index in [1.807, 2.05) is 12.1 Å².